The molecular weight excluding hydrogens is 212 g/mol. The number of furan rings is 1. The van der Waals surface area contributed by atoms with E-state index in [-0.39, 0.29) is 11.3 Å². The number of hydrogen-bond acceptors (Lipinski definition) is 5. The second kappa shape index (κ2) is 3.77. The lowest BCUT2D eigenvalue weighted by molar-refractivity contribution is 0.0597. The fourth-order valence-corrected chi connectivity index (χ4v) is 1.51. The molecule has 2 aromatic rings. The third-order valence-corrected chi connectivity index (χ3v) is 2.30. The molecule has 84 valence electrons. The molecule has 0 saturated carbocycles. The summed E-state index contributed by atoms with van der Waals surface area (Å²) in [6, 6.07) is 2.94. The lowest BCUT2D eigenvalue weighted by Crippen LogP contribution is -2.02. The number of hydrogen-bond donors (Lipinski definition) is 1. The topological polar surface area (TPSA) is 68.9 Å². The predicted molar refractivity (Wildman–Crippen MR) is 55.8 cm³/mol. The number of methoxy groups -OCH3 is 2. The highest BCUT2D eigenvalue weighted by Gasteiger charge is 2.19. The third-order valence-electron chi connectivity index (χ3n) is 2.30. The molecule has 1 aromatic carbocycles. The van der Waals surface area contributed by atoms with Gasteiger partial charge in [0.15, 0.2) is 11.3 Å². The van der Waals surface area contributed by atoms with Crippen LogP contribution in [0.3, 0.4) is 0 Å². The first-order chi connectivity index (χ1) is 7.69. The van der Waals surface area contributed by atoms with Gasteiger partial charge in [-0.05, 0) is 6.07 Å². The number of ether oxygens (including phenoxy) is 2. The van der Waals surface area contributed by atoms with Gasteiger partial charge in [-0.15, -0.1) is 0 Å². The number of rotatable bonds is 2. The van der Waals surface area contributed by atoms with Crippen LogP contribution in [0.5, 0.6) is 11.5 Å². The smallest absolute Gasteiger partial charge is 0.341 e. The van der Waals surface area contributed by atoms with Gasteiger partial charge in [-0.25, -0.2) is 4.79 Å². The van der Waals surface area contributed by atoms with Crippen LogP contribution in [0.2, 0.25) is 0 Å². The van der Waals surface area contributed by atoms with Crippen LogP contribution in [0.4, 0.5) is 0 Å². The van der Waals surface area contributed by atoms with Crippen molar-refractivity contribution in [1.29, 1.82) is 0 Å². The summed E-state index contributed by atoms with van der Waals surface area (Å²) in [5, 5.41) is 10.3. The van der Waals surface area contributed by atoms with Crippen LogP contribution in [0.25, 0.3) is 11.0 Å². The first-order valence-electron chi connectivity index (χ1n) is 4.54. The summed E-state index contributed by atoms with van der Waals surface area (Å²) in [6.07, 6.45) is 1.41. The molecule has 0 saturated heterocycles. The van der Waals surface area contributed by atoms with Gasteiger partial charge >= 0.3 is 5.97 Å². The summed E-state index contributed by atoms with van der Waals surface area (Å²) in [4.78, 5) is 11.4. The first kappa shape index (κ1) is 10.4. The Labute approximate surface area is 91.2 Å². The van der Waals surface area contributed by atoms with Crippen LogP contribution in [0, 0.1) is 0 Å². The molecule has 0 bridgehead atoms. The normalized spacial score (nSPS) is 10.4. The van der Waals surface area contributed by atoms with E-state index in [1.54, 1.807) is 6.07 Å². The summed E-state index contributed by atoms with van der Waals surface area (Å²) in [5.74, 6) is -0.423. The van der Waals surface area contributed by atoms with Crippen molar-refractivity contribution in [2.24, 2.45) is 0 Å². The number of carbonyl (C=O) groups is 1. The summed E-state index contributed by atoms with van der Waals surface area (Å²) in [7, 11) is 2.70. The average molecular weight is 222 g/mol. The zero-order valence-corrected chi connectivity index (χ0v) is 8.81. The number of carbonyl (C=O) groups excluding carboxylic acids is 1. The molecule has 0 unspecified atom stereocenters. The van der Waals surface area contributed by atoms with Gasteiger partial charge in [0.2, 0.25) is 0 Å². The number of esters is 1. The van der Waals surface area contributed by atoms with E-state index in [9.17, 15) is 9.90 Å². The molecule has 2 rings (SSSR count). The summed E-state index contributed by atoms with van der Waals surface area (Å²) in [5.41, 5.74) is 0.445. The van der Waals surface area contributed by atoms with E-state index in [2.05, 4.69) is 4.74 Å². The second-order valence-corrected chi connectivity index (χ2v) is 3.13. The molecule has 1 heterocycles. The predicted octanol–water partition coefficient (Wildman–Crippen LogP) is 1.93. The molecule has 0 fully saturated rings. The Balaban J connectivity index is 2.75. The lowest BCUT2D eigenvalue weighted by Gasteiger charge is -2.06. The molecule has 1 aromatic heterocycles. The van der Waals surface area contributed by atoms with Crippen molar-refractivity contribution in [3.8, 4) is 11.5 Å². The van der Waals surface area contributed by atoms with E-state index in [4.69, 9.17) is 9.15 Å². The Morgan fingerprint density at radius 3 is 2.81 bits per heavy atom. The highest BCUT2D eigenvalue weighted by molar-refractivity contribution is 6.02. The van der Waals surface area contributed by atoms with Crippen molar-refractivity contribution in [2.75, 3.05) is 14.2 Å². The minimum absolute atomic E-state index is 0.0493. The molecule has 0 aliphatic carbocycles. The van der Waals surface area contributed by atoms with Gasteiger partial charge in [0.25, 0.3) is 0 Å². The first-order valence-corrected chi connectivity index (χ1v) is 4.54. The van der Waals surface area contributed by atoms with E-state index in [0.29, 0.717) is 16.7 Å². The maximum Gasteiger partial charge on any atom is 0.341 e. The summed E-state index contributed by atoms with van der Waals surface area (Å²) >= 11 is 0. The fraction of sp³-hybridized carbons (Fsp3) is 0.182. The molecule has 0 atom stereocenters. The summed E-state index contributed by atoms with van der Waals surface area (Å²) in [6.45, 7) is 0. The van der Waals surface area contributed by atoms with Crippen molar-refractivity contribution >= 4 is 16.9 Å². The van der Waals surface area contributed by atoms with Crippen LogP contribution in [0.15, 0.2) is 22.8 Å². The van der Waals surface area contributed by atoms with Gasteiger partial charge in [-0.2, -0.15) is 0 Å². The largest absolute Gasteiger partial charge is 0.506 e. The van der Waals surface area contributed by atoms with E-state index in [0.717, 1.165) is 0 Å². The highest BCUT2D eigenvalue weighted by Crippen LogP contribution is 2.36. The van der Waals surface area contributed by atoms with E-state index in [1.165, 1.54) is 26.5 Å². The second-order valence-electron chi connectivity index (χ2n) is 3.13. The SMILES string of the molecule is COC(=O)c1cc(OC)c2occc2c1O. The minimum Gasteiger partial charge on any atom is -0.506 e. The third kappa shape index (κ3) is 1.37. The average Bonchev–Trinajstić information content (AvgIpc) is 2.78. The Kier molecular flexibility index (Phi) is 2.44. The van der Waals surface area contributed by atoms with Crippen LogP contribution in [-0.4, -0.2) is 25.3 Å². The van der Waals surface area contributed by atoms with E-state index < -0.39 is 5.97 Å². The molecule has 5 heteroatoms. The van der Waals surface area contributed by atoms with Gasteiger partial charge in [-0.3, -0.25) is 0 Å². The Bertz CT molecular complexity index is 541. The molecule has 0 aliphatic heterocycles. The number of aromatic hydroxyl groups is 1. The maximum absolute atomic E-state index is 11.4. The summed E-state index contributed by atoms with van der Waals surface area (Å²) < 4.78 is 14.8. The van der Waals surface area contributed by atoms with Gasteiger partial charge in [0.05, 0.1) is 25.9 Å². The zero-order chi connectivity index (χ0) is 11.7. The Hall–Kier alpha value is -2.17. The molecule has 16 heavy (non-hydrogen) atoms. The Morgan fingerprint density at radius 2 is 2.19 bits per heavy atom. The number of phenolic OH excluding ortho intramolecular Hbond substituents is 1. The number of phenols is 1. The van der Waals surface area contributed by atoms with Crippen molar-refractivity contribution < 1.29 is 23.8 Å². The lowest BCUT2D eigenvalue weighted by atomic mass is 10.1. The van der Waals surface area contributed by atoms with Crippen LogP contribution < -0.4 is 4.74 Å². The van der Waals surface area contributed by atoms with Crippen LogP contribution in [0.1, 0.15) is 10.4 Å². The molecule has 0 amide bonds. The molecule has 0 spiro atoms. The van der Waals surface area contributed by atoms with Crippen molar-refractivity contribution in [3.63, 3.8) is 0 Å². The van der Waals surface area contributed by atoms with Gasteiger partial charge in [0, 0.05) is 6.07 Å². The van der Waals surface area contributed by atoms with E-state index >= 15 is 0 Å². The minimum atomic E-state index is -0.626. The monoisotopic (exact) mass is 222 g/mol. The van der Waals surface area contributed by atoms with E-state index in [1.807, 2.05) is 0 Å². The molecule has 5 nitrogen and oxygen atoms in total. The molecular formula is C11H10O5. The zero-order valence-electron chi connectivity index (χ0n) is 8.81. The Morgan fingerprint density at radius 1 is 1.44 bits per heavy atom. The maximum atomic E-state index is 11.4. The number of fused-ring (bicyclic) bond motifs is 1. The number of benzene rings is 1. The van der Waals surface area contributed by atoms with Crippen LogP contribution in [-0.2, 0) is 4.74 Å². The van der Waals surface area contributed by atoms with Gasteiger partial charge in [0.1, 0.15) is 11.3 Å². The van der Waals surface area contributed by atoms with Crippen LogP contribution >= 0.6 is 0 Å². The van der Waals surface area contributed by atoms with Crippen molar-refractivity contribution in [2.45, 2.75) is 0 Å². The fourth-order valence-electron chi connectivity index (χ4n) is 1.51. The standard InChI is InChI=1S/C11H10O5/c1-14-8-5-7(11(13)15-2)9(12)6-3-4-16-10(6)8/h3-5,12H,1-2H3. The van der Waals surface area contributed by atoms with Crippen molar-refractivity contribution in [3.05, 3.63) is 24.0 Å². The quantitative estimate of drug-likeness (QED) is 0.786. The van der Waals surface area contributed by atoms with Crippen molar-refractivity contribution in [1.82, 2.24) is 0 Å². The van der Waals surface area contributed by atoms with Gasteiger partial charge in [-0.1, -0.05) is 0 Å². The highest BCUT2D eigenvalue weighted by atomic mass is 16.5. The van der Waals surface area contributed by atoms with Gasteiger partial charge < -0.3 is 19.0 Å². The molecule has 0 aliphatic rings. The molecule has 1 N–H and O–H groups in total. The molecule has 0 radical (unpaired) electrons.